The normalized spacial score (nSPS) is 17.2. The third-order valence-corrected chi connectivity index (χ3v) is 6.52. The van der Waals surface area contributed by atoms with Crippen LogP contribution in [0.1, 0.15) is 28.4 Å². The molecular weight excluding hydrogens is 450 g/mol. The maximum atomic E-state index is 13.1. The molecule has 2 aliphatic rings. The Kier molecular flexibility index (Phi) is 5.92. The summed E-state index contributed by atoms with van der Waals surface area (Å²) in [4.78, 5) is 22.3. The molecule has 0 saturated carbocycles. The van der Waals surface area contributed by atoms with E-state index in [4.69, 9.17) is 26.1 Å². The number of aliphatic imine (C=N–C) groups is 1. The Labute approximate surface area is 204 Å². The van der Waals surface area contributed by atoms with Gasteiger partial charge in [0.25, 0.3) is 5.91 Å². The summed E-state index contributed by atoms with van der Waals surface area (Å²) in [6, 6.07) is 18.8. The minimum atomic E-state index is -0.00431. The van der Waals surface area contributed by atoms with Crippen molar-refractivity contribution in [3.63, 3.8) is 0 Å². The fourth-order valence-electron chi connectivity index (χ4n) is 4.44. The molecule has 7 heteroatoms. The molecule has 3 aromatic carbocycles. The highest BCUT2D eigenvalue weighted by molar-refractivity contribution is 6.30. The Bertz CT molecular complexity index is 1270. The van der Waals surface area contributed by atoms with Crippen molar-refractivity contribution in [2.24, 2.45) is 4.99 Å². The molecule has 0 unspecified atom stereocenters. The molecule has 3 aromatic rings. The smallest absolute Gasteiger partial charge is 0.254 e. The van der Waals surface area contributed by atoms with Crippen molar-refractivity contribution in [2.45, 2.75) is 19.9 Å². The van der Waals surface area contributed by atoms with Crippen LogP contribution in [0.25, 0.3) is 0 Å². The first-order chi connectivity index (χ1) is 16.4. The molecule has 1 saturated heterocycles. The second-order valence-corrected chi connectivity index (χ2v) is 9.11. The van der Waals surface area contributed by atoms with Crippen LogP contribution in [-0.4, -0.2) is 54.3 Å². The lowest BCUT2D eigenvalue weighted by molar-refractivity contribution is 0.0581. The second kappa shape index (κ2) is 9.03. The maximum absolute atomic E-state index is 13.1. The van der Waals surface area contributed by atoms with Crippen LogP contribution in [-0.2, 0) is 0 Å². The van der Waals surface area contributed by atoms with Crippen LogP contribution < -0.4 is 9.47 Å². The maximum Gasteiger partial charge on any atom is 0.254 e. The number of hydrogen-bond acceptors (Lipinski definition) is 5. The number of methoxy groups -OCH3 is 1. The van der Waals surface area contributed by atoms with Gasteiger partial charge < -0.3 is 19.3 Å². The summed E-state index contributed by atoms with van der Waals surface area (Å²) in [5.41, 5.74) is 3.40. The number of nitrogens with zero attached hydrogens (tertiary/aromatic N) is 3. The molecule has 0 spiro atoms. The Balaban J connectivity index is 1.47. The average molecular weight is 476 g/mol. The van der Waals surface area contributed by atoms with Gasteiger partial charge in [-0.25, -0.2) is 4.99 Å². The number of carbonyl (C=O) groups is 1. The van der Waals surface area contributed by atoms with Gasteiger partial charge in [0.1, 0.15) is 23.0 Å². The van der Waals surface area contributed by atoms with Gasteiger partial charge in [0.15, 0.2) is 5.75 Å². The minimum Gasteiger partial charge on any atom is -0.497 e. The van der Waals surface area contributed by atoms with E-state index in [-0.39, 0.29) is 11.9 Å². The van der Waals surface area contributed by atoms with Gasteiger partial charge in [0, 0.05) is 36.3 Å². The predicted octanol–water partition coefficient (Wildman–Crippen LogP) is 5.69. The lowest BCUT2D eigenvalue weighted by Gasteiger charge is -2.41. The Morgan fingerprint density at radius 3 is 2.59 bits per heavy atom. The lowest BCUT2D eigenvalue weighted by Crippen LogP contribution is -2.55. The third-order valence-electron chi connectivity index (χ3n) is 6.27. The zero-order valence-corrected chi connectivity index (χ0v) is 20.2. The van der Waals surface area contributed by atoms with E-state index in [1.807, 2.05) is 48.2 Å². The molecule has 1 amide bonds. The largest absolute Gasteiger partial charge is 0.497 e. The highest BCUT2D eigenvalue weighted by atomic mass is 35.5. The standard InChI is InChI=1S/C27H26ClN3O3/c1-17-4-10-23-25(14-17)34-24-11-9-21(33-3)15-22(24)26(29-23)30-12-13-31(18(2)16-30)27(32)19-5-7-20(28)8-6-19/h4-11,14-15,18H,12-13,16H2,1-3H3/t18-/m0/s1. The van der Waals surface area contributed by atoms with Crippen LogP contribution in [0.4, 0.5) is 5.69 Å². The molecule has 2 aliphatic heterocycles. The Morgan fingerprint density at radius 2 is 1.85 bits per heavy atom. The molecule has 174 valence electrons. The molecule has 0 aromatic heterocycles. The summed E-state index contributed by atoms with van der Waals surface area (Å²) in [6.07, 6.45) is 0. The summed E-state index contributed by atoms with van der Waals surface area (Å²) in [5.74, 6) is 3.03. The molecule has 0 aliphatic carbocycles. The van der Waals surface area contributed by atoms with Crippen molar-refractivity contribution < 1.29 is 14.3 Å². The molecule has 6 nitrogen and oxygen atoms in total. The van der Waals surface area contributed by atoms with E-state index in [2.05, 4.69) is 11.8 Å². The number of carbonyl (C=O) groups excluding carboxylic acids is 1. The topological polar surface area (TPSA) is 54.4 Å². The van der Waals surface area contributed by atoms with E-state index in [9.17, 15) is 4.79 Å². The molecular formula is C27H26ClN3O3. The van der Waals surface area contributed by atoms with Crippen LogP contribution in [0.5, 0.6) is 17.2 Å². The zero-order valence-electron chi connectivity index (χ0n) is 19.4. The van der Waals surface area contributed by atoms with Crippen molar-refractivity contribution in [1.29, 1.82) is 0 Å². The van der Waals surface area contributed by atoms with Gasteiger partial charge >= 0.3 is 0 Å². The quantitative estimate of drug-likeness (QED) is 0.478. The van der Waals surface area contributed by atoms with Gasteiger partial charge in [-0.3, -0.25) is 4.79 Å². The highest BCUT2D eigenvalue weighted by Crippen LogP contribution is 2.40. The summed E-state index contributed by atoms with van der Waals surface area (Å²) in [7, 11) is 1.65. The summed E-state index contributed by atoms with van der Waals surface area (Å²) < 4.78 is 11.8. The van der Waals surface area contributed by atoms with Crippen LogP contribution in [0, 0.1) is 6.92 Å². The van der Waals surface area contributed by atoms with Crippen molar-refractivity contribution >= 4 is 29.0 Å². The number of halogens is 1. The second-order valence-electron chi connectivity index (χ2n) is 8.67. The number of hydrogen-bond donors (Lipinski definition) is 0. The van der Waals surface area contributed by atoms with Crippen molar-refractivity contribution in [2.75, 3.05) is 26.7 Å². The average Bonchev–Trinajstić information content (AvgIpc) is 2.99. The predicted molar refractivity (Wildman–Crippen MR) is 134 cm³/mol. The highest BCUT2D eigenvalue weighted by Gasteiger charge is 2.32. The van der Waals surface area contributed by atoms with Crippen LogP contribution in [0.3, 0.4) is 0 Å². The molecule has 1 atom stereocenters. The number of benzene rings is 3. The summed E-state index contributed by atoms with van der Waals surface area (Å²) >= 11 is 5.99. The number of rotatable bonds is 2. The molecule has 0 bridgehead atoms. The summed E-state index contributed by atoms with van der Waals surface area (Å²) in [5, 5.41) is 0.618. The van der Waals surface area contributed by atoms with Crippen molar-refractivity contribution in [3.05, 3.63) is 82.4 Å². The molecule has 0 radical (unpaired) electrons. The first-order valence-corrected chi connectivity index (χ1v) is 11.7. The summed E-state index contributed by atoms with van der Waals surface area (Å²) in [6.45, 7) is 5.99. The van der Waals surface area contributed by atoms with Crippen LogP contribution in [0.2, 0.25) is 5.02 Å². The Hall–Kier alpha value is -3.51. The number of fused-ring (bicyclic) bond motifs is 2. The zero-order chi connectivity index (χ0) is 23.8. The SMILES string of the molecule is COc1ccc2c(c1)C(N1CCN(C(=O)c3ccc(Cl)cc3)[C@@H](C)C1)=Nc1ccc(C)cc1O2. The Morgan fingerprint density at radius 1 is 1.06 bits per heavy atom. The number of ether oxygens (including phenoxy) is 2. The van der Waals surface area contributed by atoms with Gasteiger partial charge in [0.2, 0.25) is 0 Å². The van der Waals surface area contributed by atoms with E-state index in [1.165, 1.54) is 0 Å². The van der Waals surface area contributed by atoms with E-state index < -0.39 is 0 Å². The van der Waals surface area contributed by atoms with E-state index >= 15 is 0 Å². The number of amides is 1. The van der Waals surface area contributed by atoms with Crippen LogP contribution >= 0.6 is 11.6 Å². The minimum absolute atomic E-state index is 0.00431. The molecule has 0 N–H and O–H groups in total. The van der Waals surface area contributed by atoms with Crippen molar-refractivity contribution in [1.82, 2.24) is 9.80 Å². The number of aryl methyl sites for hydroxylation is 1. The van der Waals surface area contributed by atoms with Crippen molar-refractivity contribution in [3.8, 4) is 17.2 Å². The van der Waals surface area contributed by atoms with Gasteiger partial charge in [-0.15, -0.1) is 0 Å². The molecule has 1 fully saturated rings. The fourth-order valence-corrected chi connectivity index (χ4v) is 4.57. The van der Waals surface area contributed by atoms with E-state index in [0.29, 0.717) is 30.2 Å². The number of amidine groups is 1. The van der Waals surface area contributed by atoms with E-state index in [0.717, 1.165) is 39.9 Å². The first kappa shape index (κ1) is 22.3. The monoisotopic (exact) mass is 475 g/mol. The van der Waals surface area contributed by atoms with Crippen LogP contribution in [0.15, 0.2) is 65.7 Å². The fraction of sp³-hybridized carbons (Fsp3) is 0.259. The third kappa shape index (κ3) is 4.21. The first-order valence-electron chi connectivity index (χ1n) is 11.3. The molecule has 2 heterocycles. The molecule has 5 rings (SSSR count). The number of piperazine rings is 1. The van der Waals surface area contributed by atoms with Gasteiger partial charge in [-0.05, 0) is 74.0 Å². The van der Waals surface area contributed by atoms with Gasteiger partial charge in [-0.2, -0.15) is 0 Å². The lowest BCUT2D eigenvalue weighted by atomic mass is 10.1. The molecule has 34 heavy (non-hydrogen) atoms. The van der Waals surface area contributed by atoms with Gasteiger partial charge in [-0.1, -0.05) is 17.7 Å². The van der Waals surface area contributed by atoms with E-state index in [1.54, 1.807) is 31.4 Å². The van der Waals surface area contributed by atoms with Gasteiger partial charge in [0.05, 0.1) is 12.7 Å².